The van der Waals surface area contributed by atoms with E-state index in [1.54, 1.807) is 6.20 Å². The Morgan fingerprint density at radius 2 is 2.16 bits per heavy atom. The molecule has 25 heavy (non-hydrogen) atoms. The predicted octanol–water partition coefficient (Wildman–Crippen LogP) is 1.69. The van der Waals surface area contributed by atoms with E-state index in [0.717, 1.165) is 67.0 Å². The molecule has 2 aromatic rings. The van der Waals surface area contributed by atoms with Crippen LogP contribution in [0.4, 0.5) is 0 Å². The third kappa shape index (κ3) is 5.32. The standard InChI is InChI=1S/C18H24N4O2S/c1-14-17(18(23)20-8-9-22-10-12-24-13-11-22)25-16(21-14)6-5-15-4-2-3-7-19-15/h2-4,7H,5-6,8-13H2,1H3,(H,20,23). The Morgan fingerprint density at radius 1 is 1.32 bits per heavy atom. The maximum absolute atomic E-state index is 12.4. The molecule has 1 aliphatic heterocycles. The number of aromatic nitrogens is 2. The van der Waals surface area contributed by atoms with E-state index < -0.39 is 0 Å². The van der Waals surface area contributed by atoms with Crippen molar-refractivity contribution in [1.29, 1.82) is 0 Å². The topological polar surface area (TPSA) is 67.4 Å². The third-order valence-corrected chi connectivity index (χ3v) is 5.40. The monoisotopic (exact) mass is 360 g/mol. The fraction of sp³-hybridized carbons (Fsp3) is 0.500. The molecule has 134 valence electrons. The number of nitrogens with one attached hydrogen (secondary N) is 1. The highest BCUT2D eigenvalue weighted by atomic mass is 32.1. The summed E-state index contributed by atoms with van der Waals surface area (Å²) in [6.07, 6.45) is 3.45. The first-order valence-electron chi connectivity index (χ1n) is 8.67. The minimum atomic E-state index is -0.0210. The van der Waals surface area contributed by atoms with Crippen LogP contribution in [0.25, 0.3) is 0 Å². The second-order valence-corrected chi connectivity index (χ2v) is 7.14. The van der Waals surface area contributed by atoms with E-state index in [-0.39, 0.29) is 5.91 Å². The molecule has 0 radical (unpaired) electrons. The summed E-state index contributed by atoms with van der Waals surface area (Å²) in [5, 5.41) is 4.00. The lowest BCUT2D eigenvalue weighted by atomic mass is 10.2. The molecule has 0 spiro atoms. The van der Waals surface area contributed by atoms with Gasteiger partial charge >= 0.3 is 0 Å². The van der Waals surface area contributed by atoms with E-state index in [1.807, 2.05) is 25.1 Å². The number of carbonyl (C=O) groups excluding carboxylic acids is 1. The van der Waals surface area contributed by atoms with Crippen LogP contribution in [-0.4, -0.2) is 60.2 Å². The van der Waals surface area contributed by atoms with Crippen LogP contribution in [0.15, 0.2) is 24.4 Å². The number of thiazole rings is 1. The van der Waals surface area contributed by atoms with Crippen molar-refractivity contribution in [2.24, 2.45) is 0 Å². The number of carbonyl (C=O) groups is 1. The smallest absolute Gasteiger partial charge is 0.263 e. The van der Waals surface area contributed by atoms with Gasteiger partial charge in [0.15, 0.2) is 0 Å². The minimum Gasteiger partial charge on any atom is -0.379 e. The first-order valence-corrected chi connectivity index (χ1v) is 9.48. The molecule has 6 nitrogen and oxygen atoms in total. The second kappa shape index (κ2) is 9.03. The van der Waals surface area contributed by atoms with Crippen molar-refractivity contribution < 1.29 is 9.53 Å². The number of hydrogen-bond donors (Lipinski definition) is 1. The minimum absolute atomic E-state index is 0.0210. The largest absolute Gasteiger partial charge is 0.379 e. The summed E-state index contributed by atoms with van der Waals surface area (Å²) < 4.78 is 5.33. The van der Waals surface area contributed by atoms with E-state index >= 15 is 0 Å². The molecule has 0 aliphatic carbocycles. The third-order valence-electron chi connectivity index (χ3n) is 4.19. The van der Waals surface area contributed by atoms with E-state index in [9.17, 15) is 4.79 Å². The van der Waals surface area contributed by atoms with Gasteiger partial charge in [0.25, 0.3) is 5.91 Å². The quantitative estimate of drug-likeness (QED) is 0.814. The normalized spacial score (nSPS) is 15.2. The van der Waals surface area contributed by atoms with Crippen molar-refractivity contribution >= 4 is 17.2 Å². The first kappa shape index (κ1) is 18.0. The van der Waals surface area contributed by atoms with Crippen LogP contribution in [0.1, 0.15) is 26.1 Å². The molecule has 1 aliphatic rings. The van der Waals surface area contributed by atoms with Crippen molar-refractivity contribution in [2.45, 2.75) is 19.8 Å². The fourth-order valence-electron chi connectivity index (χ4n) is 2.78. The Labute approximate surface area is 152 Å². The number of pyridine rings is 1. The van der Waals surface area contributed by atoms with Crippen LogP contribution < -0.4 is 5.32 Å². The Morgan fingerprint density at radius 3 is 2.92 bits per heavy atom. The highest BCUT2D eigenvalue weighted by Crippen LogP contribution is 2.19. The van der Waals surface area contributed by atoms with E-state index in [4.69, 9.17) is 4.74 Å². The Balaban J connectivity index is 1.48. The summed E-state index contributed by atoms with van der Waals surface area (Å²) in [6.45, 7) is 6.85. The molecule has 1 fully saturated rings. The number of morpholine rings is 1. The van der Waals surface area contributed by atoms with Crippen molar-refractivity contribution in [1.82, 2.24) is 20.2 Å². The summed E-state index contributed by atoms with van der Waals surface area (Å²) in [7, 11) is 0. The second-order valence-electron chi connectivity index (χ2n) is 6.05. The number of amides is 1. The van der Waals surface area contributed by atoms with Gasteiger partial charge in [0.1, 0.15) is 4.88 Å². The van der Waals surface area contributed by atoms with Crippen molar-refractivity contribution in [3.8, 4) is 0 Å². The van der Waals surface area contributed by atoms with E-state index in [1.165, 1.54) is 11.3 Å². The van der Waals surface area contributed by atoms with Gasteiger partial charge in [-0.1, -0.05) is 6.07 Å². The summed E-state index contributed by atoms with van der Waals surface area (Å²) in [5.41, 5.74) is 1.86. The van der Waals surface area contributed by atoms with Gasteiger partial charge in [-0.2, -0.15) is 0 Å². The molecule has 0 aromatic carbocycles. The van der Waals surface area contributed by atoms with Crippen molar-refractivity contribution in [3.63, 3.8) is 0 Å². The molecule has 1 amide bonds. The summed E-state index contributed by atoms with van der Waals surface area (Å²) in [4.78, 5) is 24.3. The van der Waals surface area contributed by atoms with Crippen LogP contribution in [-0.2, 0) is 17.6 Å². The average molecular weight is 360 g/mol. The molecular weight excluding hydrogens is 336 g/mol. The molecule has 0 bridgehead atoms. The average Bonchev–Trinajstić information content (AvgIpc) is 3.02. The molecule has 3 rings (SSSR count). The number of hydrogen-bond acceptors (Lipinski definition) is 6. The molecule has 7 heteroatoms. The van der Waals surface area contributed by atoms with Gasteiger partial charge in [-0.25, -0.2) is 4.98 Å². The van der Waals surface area contributed by atoms with Crippen LogP contribution in [0.2, 0.25) is 0 Å². The van der Waals surface area contributed by atoms with Gasteiger partial charge in [-0.3, -0.25) is 14.7 Å². The van der Waals surface area contributed by atoms with Gasteiger partial charge in [-0.15, -0.1) is 11.3 Å². The summed E-state index contributed by atoms with van der Waals surface area (Å²) >= 11 is 1.49. The molecule has 0 atom stereocenters. The van der Waals surface area contributed by atoms with Gasteiger partial charge in [0.05, 0.1) is 23.9 Å². The number of aryl methyl sites for hydroxylation is 3. The predicted molar refractivity (Wildman–Crippen MR) is 98.1 cm³/mol. The molecule has 3 heterocycles. The van der Waals surface area contributed by atoms with Crippen LogP contribution in [0.3, 0.4) is 0 Å². The van der Waals surface area contributed by atoms with Crippen molar-refractivity contribution in [2.75, 3.05) is 39.4 Å². The van der Waals surface area contributed by atoms with Gasteiger partial charge < -0.3 is 10.1 Å². The van der Waals surface area contributed by atoms with E-state index in [2.05, 4.69) is 20.2 Å². The molecule has 0 saturated carbocycles. The Hall–Kier alpha value is -1.83. The highest BCUT2D eigenvalue weighted by molar-refractivity contribution is 7.13. The lowest BCUT2D eigenvalue weighted by Gasteiger charge is -2.26. The maximum atomic E-state index is 12.4. The van der Waals surface area contributed by atoms with Crippen LogP contribution >= 0.6 is 11.3 Å². The Bertz CT molecular complexity index is 684. The number of nitrogens with zero attached hydrogens (tertiary/aromatic N) is 3. The molecular formula is C18H24N4O2S. The van der Waals surface area contributed by atoms with Crippen LogP contribution in [0.5, 0.6) is 0 Å². The van der Waals surface area contributed by atoms with Gasteiger partial charge in [0, 0.05) is 44.5 Å². The lowest BCUT2D eigenvalue weighted by molar-refractivity contribution is 0.0383. The number of ether oxygens (including phenoxy) is 1. The van der Waals surface area contributed by atoms with E-state index in [0.29, 0.717) is 6.54 Å². The summed E-state index contributed by atoms with van der Waals surface area (Å²) in [5.74, 6) is -0.0210. The Kier molecular flexibility index (Phi) is 6.49. The van der Waals surface area contributed by atoms with Gasteiger partial charge in [-0.05, 0) is 25.5 Å². The zero-order chi connectivity index (χ0) is 17.5. The zero-order valence-electron chi connectivity index (χ0n) is 14.5. The van der Waals surface area contributed by atoms with Gasteiger partial charge in [0.2, 0.25) is 0 Å². The highest BCUT2D eigenvalue weighted by Gasteiger charge is 2.16. The van der Waals surface area contributed by atoms with Crippen molar-refractivity contribution in [3.05, 3.63) is 45.7 Å². The molecule has 2 aromatic heterocycles. The molecule has 1 saturated heterocycles. The SMILES string of the molecule is Cc1nc(CCc2ccccn2)sc1C(=O)NCCN1CCOCC1. The van der Waals surface area contributed by atoms with Crippen LogP contribution in [0, 0.1) is 6.92 Å². The first-order chi connectivity index (χ1) is 12.2. The molecule has 0 unspecified atom stereocenters. The fourth-order valence-corrected chi connectivity index (χ4v) is 3.76. The molecule has 1 N–H and O–H groups in total. The summed E-state index contributed by atoms with van der Waals surface area (Å²) in [6, 6.07) is 5.92. The zero-order valence-corrected chi connectivity index (χ0v) is 15.3. The number of rotatable bonds is 7. The lowest BCUT2D eigenvalue weighted by Crippen LogP contribution is -2.41. The maximum Gasteiger partial charge on any atom is 0.263 e.